The topological polar surface area (TPSA) is 70.8 Å². The van der Waals surface area contributed by atoms with Crippen molar-refractivity contribution in [3.05, 3.63) is 0 Å². The van der Waals surface area contributed by atoms with E-state index in [1.807, 2.05) is 0 Å². The summed E-state index contributed by atoms with van der Waals surface area (Å²) in [4.78, 5) is 15.8. The number of carbonyl (C=O) groups excluding carboxylic acids is 1. The maximum atomic E-state index is 11.1. The average molecular weight is 228 g/mol. The summed E-state index contributed by atoms with van der Waals surface area (Å²) in [6, 6.07) is 0.578. The van der Waals surface area contributed by atoms with Crippen LogP contribution >= 0.6 is 0 Å². The average Bonchev–Trinajstić information content (AvgIpc) is 2.78. The molecule has 0 spiro atoms. The molecule has 3 N–H and O–H groups in total. The molecule has 0 aromatic heterocycles. The summed E-state index contributed by atoms with van der Waals surface area (Å²) in [5.41, 5.74) is 2.17. The maximum Gasteiger partial charge on any atom is 0.248 e. The Labute approximate surface area is 95.7 Å². The van der Waals surface area contributed by atoms with Gasteiger partial charge >= 0.3 is 0 Å². The van der Waals surface area contributed by atoms with Gasteiger partial charge in [0, 0.05) is 32.2 Å². The van der Waals surface area contributed by atoms with E-state index in [0.29, 0.717) is 12.6 Å². The fraction of sp³-hybridized carbons (Fsp3) is 0.900. The van der Waals surface area contributed by atoms with Crippen LogP contribution in [0.15, 0.2) is 0 Å². The molecule has 0 aromatic rings. The molecule has 2 saturated heterocycles. The van der Waals surface area contributed by atoms with Crippen molar-refractivity contribution >= 4 is 5.91 Å². The highest BCUT2D eigenvalue weighted by molar-refractivity contribution is 5.77. The fourth-order valence-corrected chi connectivity index (χ4v) is 2.45. The third-order valence-electron chi connectivity index (χ3n) is 3.34. The molecule has 1 atom stereocenters. The maximum absolute atomic E-state index is 11.1. The highest BCUT2D eigenvalue weighted by Gasteiger charge is 2.29. The Morgan fingerprint density at radius 1 is 1.38 bits per heavy atom. The van der Waals surface area contributed by atoms with E-state index >= 15 is 0 Å². The van der Waals surface area contributed by atoms with Gasteiger partial charge in [-0.05, 0) is 6.42 Å². The summed E-state index contributed by atoms with van der Waals surface area (Å²) in [6.07, 6.45) is 1.14. The van der Waals surface area contributed by atoms with E-state index in [1.54, 1.807) is 0 Å². The first kappa shape index (κ1) is 11.8. The summed E-state index contributed by atoms with van der Waals surface area (Å²) in [5.74, 6) is 4.97. The summed E-state index contributed by atoms with van der Waals surface area (Å²) in [6.45, 7) is 6.06. The summed E-state index contributed by atoms with van der Waals surface area (Å²) >= 11 is 0. The van der Waals surface area contributed by atoms with Gasteiger partial charge in [-0.2, -0.15) is 0 Å². The largest absolute Gasteiger partial charge is 0.379 e. The van der Waals surface area contributed by atoms with Crippen LogP contribution < -0.4 is 11.3 Å². The molecule has 0 aromatic carbocycles. The molecule has 16 heavy (non-hydrogen) atoms. The van der Waals surface area contributed by atoms with E-state index in [-0.39, 0.29) is 5.91 Å². The van der Waals surface area contributed by atoms with Gasteiger partial charge in [-0.15, -0.1) is 0 Å². The summed E-state index contributed by atoms with van der Waals surface area (Å²) in [7, 11) is 0. The van der Waals surface area contributed by atoms with Gasteiger partial charge in [0.25, 0.3) is 0 Å². The zero-order valence-electron chi connectivity index (χ0n) is 9.52. The number of morpholine rings is 1. The lowest BCUT2D eigenvalue weighted by Crippen LogP contribution is -2.45. The number of ether oxygens (including phenoxy) is 1. The lowest BCUT2D eigenvalue weighted by atomic mass is 10.2. The lowest BCUT2D eigenvalue weighted by molar-refractivity contribution is -0.122. The van der Waals surface area contributed by atoms with Crippen LogP contribution in [0.2, 0.25) is 0 Å². The monoisotopic (exact) mass is 228 g/mol. The van der Waals surface area contributed by atoms with Crippen LogP contribution in [0.25, 0.3) is 0 Å². The highest BCUT2D eigenvalue weighted by Crippen LogP contribution is 2.16. The molecule has 0 saturated carbocycles. The molecule has 92 valence electrons. The van der Waals surface area contributed by atoms with Crippen LogP contribution in [0.1, 0.15) is 6.42 Å². The van der Waals surface area contributed by atoms with E-state index in [9.17, 15) is 4.79 Å². The van der Waals surface area contributed by atoms with Crippen molar-refractivity contribution in [3.8, 4) is 0 Å². The van der Waals surface area contributed by atoms with Gasteiger partial charge < -0.3 is 4.74 Å². The fourth-order valence-electron chi connectivity index (χ4n) is 2.45. The van der Waals surface area contributed by atoms with Crippen LogP contribution in [0, 0.1) is 0 Å². The zero-order chi connectivity index (χ0) is 11.4. The molecule has 6 nitrogen and oxygen atoms in total. The Morgan fingerprint density at radius 3 is 2.81 bits per heavy atom. The highest BCUT2D eigenvalue weighted by atomic mass is 16.5. The van der Waals surface area contributed by atoms with Crippen molar-refractivity contribution in [2.75, 3.05) is 45.9 Å². The van der Waals surface area contributed by atoms with Crippen LogP contribution in [0.5, 0.6) is 0 Å². The first-order valence-corrected chi connectivity index (χ1v) is 5.83. The number of hydrogen-bond donors (Lipinski definition) is 2. The van der Waals surface area contributed by atoms with Crippen molar-refractivity contribution < 1.29 is 9.53 Å². The Balaban J connectivity index is 1.76. The molecule has 2 fully saturated rings. The van der Waals surface area contributed by atoms with Crippen molar-refractivity contribution in [3.63, 3.8) is 0 Å². The van der Waals surface area contributed by atoms with Crippen LogP contribution in [-0.2, 0) is 9.53 Å². The number of carbonyl (C=O) groups is 1. The minimum Gasteiger partial charge on any atom is -0.379 e. The third-order valence-corrected chi connectivity index (χ3v) is 3.34. The number of nitrogens with zero attached hydrogens (tertiary/aromatic N) is 2. The third kappa shape index (κ3) is 2.91. The normalized spacial score (nSPS) is 28.2. The molecule has 0 aliphatic carbocycles. The van der Waals surface area contributed by atoms with Crippen LogP contribution in [0.3, 0.4) is 0 Å². The number of hydrogen-bond acceptors (Lipinski definition) is 5. The van der Waals surface area contributed by atoms with Gasteiger partial charge in [-0.25, -0.2) is 5.84 Å². The molecule has 0 radical (unpaired) electrons. The number of hydrazine groups is 1. The quantitative estimate of drug-likeness (QED) is 0.345. The van der Waals surface area contributed by atoms with E-state index in [2.05, 4.69) is 15.2 Å². The molecule has 2 aliphatic heterocycles. The molecular weight excluding hydrogens is 208 g/mol. The Hall–Kier alpha value is -0.690. The minimum absolute atomic E-state index is 0.109. The first-order chi connectivity index (χ1) is 7.79. The van der Waals surface area contributed by atoms with Crippen molar-refractivity contribution in [1.82, 2.24) is 15.2 Å². The predicted molar refractivity (Wildman–Crippen MR) is 59.6 cm³/mol. The van der Waals surface area contributed by atoms with Crippen LogP contribution in [-0.4, -0.2) is 67.7 Å². The standard InChI is InChI=1S/C10H20N4O2/c11-12-10(15)8-13-2-1-9(7-13)14-3-5-16-6-4-14/h9H,1-8,11H2,(H,12,15). The summed E-state index contributed by atoms with van der Waals surface area (Å²) < 4.78 is 5.33. The van der Waals surface area contributed by atoms with E-state index < -0.39 is 0 Å². The van der Waals surface area contributed by atoms with Crippen molar-refractivity contribution in [2.45, 2.75) is 12.5 Å². The molecular formula is C10H20N4O2. The van der Waals surface area contributed by atoms with Crippen LogP contribution in [0.4, 0.5) is 0 Å². The van der Waals surface area contributed by atoms with Crippen molar-refractivity contribution in [2.24, 2.45) is 5.84 Å². The second-order valence-corrected chi connectivity index (χ2v) is 4.39. The Kier molecular flexibility index (Phi) is 4.11. The van der Waals surface area contributed by atoms with Gasteiger partial charge in [-0.1, -0.05) is 0 Å². The molecule has 2 aliphatic rings. The van der Waals surface area contributed by atoms with E-state index in [1.165, 1.54) is 0 Å². The van der Waals surface area contributed by atoms with Gasteiger partial charge in [0.15, 0.2) is 0 Å². The predicted octanol–water partition coefficient (Wildman–Crippen LogP) is -1.62. The SMILES string of the molecule is NNC(=O)CN1CCC(N2CCOCC2)C1. The lowest BCUT2D eigenvalue weighted by Gasteiger charge is -2.32. The second-order valence-electron chi connectivity index (χ2n) is 4.39. The number of rotatable bonds is 3. The second kappa shape index (κ2) is 5.58. The number of nitrogens with two attached hydrogens (primary N) is 1. The number of amides is 1. The molecule has 0 bridgehead atoms. The Morgan fingerprint density at radius 2 is 2.12 bits per heavy atom. The molecule has 6 heteroatoms. The van der Waals surface area contributed by atoms with Gasteiger partial charge in [0.2, 0.25) is 5.91 Å². The molecule has 1 amide bonds. The Bertz CT molecular complexity index is 243. The summed E-state index contributed by atoms with van der Waals surface area (Å²) in [5, 5.41) is 0. The van der Waals surface area contributed by atoms with Gasteiger partial charge in [-0.3, -0.25) is 20.0 Å². The minimum atomic E-state index is -0.109. The van der Waals surface area contributed by atoms with Gasteiger partial charge in [0.1, 0.15) is 0 Å². The van der Waals surface area contributed by atoms with E-state index in [0.717, 1.165) is 45.8 Å². The number of nitrogens with one attached hydrogen (secondary N) is 1. The van der Waals surface area contributed by atoms with Crippen molar-refractivity contribution in [1.29, 1.82) is 0 Å². The molecule has 2 rings (SSSR count). The first-order valence-electron chi connectivity index (χ1n) is 5.83. The zero-order valence-corrected chi connectivity index (χ0v) is 9.52. The van der Waals surface area contributed by atoms with Gasteiger partial charge in [0.05, 0.1) is 19.8 Å². The smallest absolute Gasteiger partial charge is 0.248 e. The molecule has 2 heterocycles. The van der Waals surface area contributed by atoms with E-state index in [4.69, 9.17) is 10.6 Å². The number of likely N-dealkylation sites (tertiary alicyclic amines) is 1. The molecule has 1 unspecified atom stereocenters.